The lowest BCUT2D eigenvalue weighted by Gasteiger charge is -2.13. The molecule has 0 spiro atoms. The van der Waals surface area contributed by atoms with Gasteiger partial charge in [0.05, 0.1) is 6.61 Å². The Morgan fingerprint density at radius 2 is 1.77 bits per heavy atom. The van der Waals surface area contributed by atoms with E-state index in [9.17, 15) is 9.18 Å². The Labute approximate surface area is 201 Å². The number of rotatable bonds is 10. The Balaban J connectivity index is 0.00000480. The van der Waals surface area contributed by atoms with Gasteiger partial charge >= 0.3 is 0 Å². The third-order valence-corrected chi connectivity index (χ3v) is 4.46. The minimum atomic E-state index is -0.264. The van der Waals surface area contributed by atoms with Gasteiger partial charge < -0.3 is 20.3 Å². The number of unbranched alkanes of at least 4 members (excludes halogenated alkanes) is 1. The average molecular weight is 542 g/mol. The highest BCUT2D eigenvalue weighted by Crippen LogP contribution is 2.11. The number of halogens is 2. The summed E-state index contributed by atoms with van der Waals surface area (Å²) >= 11 is 0. The molecule has 2 N–H and O–H groups in total. The third-order valence-electron chi connectivity index (χ3n) is 4.46. The summed E-state index contributed by atoms with van der Waals surface area (Å²) in [6.45, 7) is 2.08. The Kier molecular flexibility index (Phi) is 12.6. The minimum Gasteiger partial charge on any atom is -0.494 e. The molecule has 0 saturated heterocycles. The van der Waals surface area contributed by atoms with Gasteiger partial charge in [0.1, 0.15) is 11.6 Å². The van der Waals surface area contributed by atoms with Crippen LogP contribution in [0.2, 0.25) is 0 Å². The van der Waals surface area contributed by atoms with Crippen LogP contribution in [0.1, 0.15) is 28.8 Å². The number of amides is 1. The molecular formula is C23H32FIN4O2. The Bertz CT molecular complexity index is 829. The summed E-state index contributed by atoms with van der Waals surface area (Å²) < 4.78 is 18.4. The smallest absolute Gasteiger partial charge is 0.253 e. The summed E-state index contributed by atoms with van der Waals surface area (Å²) in [7, 11) is 5.24. The number of guanidine groups is 1. The van der Waals surface area contributed by atoms with Gasteiger partial charge in [-0.05, 0) is 61.2 Å². The molecule has 0 aliphatic carbocycles. The number of aliphatic imine (C=N–C) groups is 1. The summed E-state index contributed by atoms with van der Waals surface area (Å²) in [4.78, 5) is 17.9. The van der Waals surface area contributed by atoms with Gasteiger partial charge in [0.2, 0.25) is 0 Å². The molecule has 6 nitrogen and oxygen atoms in total. The molecule has 2 rings (SSSR count). The van der Waals surface area contributed by atoms with Gasteiger partial charge in [-0.2, -0.15) is 0 Å². The number of nitrogens with one attached hydrogen (secondary N) is 2. The van der Waals surface area contributed by atoms with Crippen molar-refractivity contribution in [1.29, 1.82) is 0 Å². The summed E-state index contributed by atoms with van der Waals surface area (Å²) in [6.07, 6.45) is 2.60. The summed E-state index contributed by atoms with van der Waals surface area (Å²) in [5.74, 6) is 1.17. The van der Waals surface area contributed by atoms with Crippen LogP contribution in [0, 0.1) is 5.82 Å². The van der Waals surface area contributed by atoms with E-state index >= 15 is 0 Å². The number of benzene rings is 2. The fourth-order valence-electron chi connectivity index (χ4n) is 2.82. The third kappa shape index (κ3) is 9.99. The minimum absolute atomic E-state index is 0. The molecule has 0 unspecified atom stereocenters. The van der Waals surface area contributed by atoms with Gasteiger partial charge in [0.25, 0.3) is 5.91 Å². The van der Waals surface area contributed by atoms with E-state index in [2.05, 4.69) is 15.6 Å². The zero-order valence-electron chi connectivity index (χ0n) is 18.4. The summed E-state index contributed by atoms with van der Waals surface area (Å²) in [5, 5.41) is 6.57. The van der Waals surface area contributed by atoms with Crippen LogP contribution in [0.5, 0.6) is 5.75 Å². The lowest BCUT2D eigenvalue weighted by Crippen LogP contribution is -2.38. The summed E-state index contributed by atoms with van der Waals surface area (Å²) in [5.41, 5.74) is 1.80. The number of ether oxygens (including phenoxy) is 1. The van der Waals surface area contributed by atoms with Gasteiger partial charge in [-0.3, -0.25) is 9.79 Å². The fourth-order valence-corrected chi connectivity index (χ4v) is 2.82. The maximum Gasteiger partial charge on any atom is 0.253 e. The molecule has 2 aromatic carbocycles. The van der Waals surface area contributed by atoms with E-state index in [0.29, 0.717) is 24.5 Å². The first-order valence-electron chi connectivity index (χ1n) is 10.1. The molecule has 0 aliphatic heterocycles. The van der Waals surface area contributed by atoms with E-state index in [1.165, 1.54) is 12.1 Å². The Morgan fingerprint density at radius 1 is 1.06 bits per heavy atom. The maximum atomic E-state index is 12.9. The van der Waals surface area contributed by atoms with Crippen molar-refractivity contribution in [2.24, 2.45) is 4.99 Å². The molecule has 0 saturated carbocycles. The van der Waals surface area contributed by atoms with Crippen LogP contribution in [-0.4, -0.2) is 57.6 Å². The predicted molar refractivity (Wildman–Crippen MR) is 134 cm³/mol. The van der Waals surface area contributed by atoms with Crippen LogP contribution in [0.25, 0.3) is 0 Å². The van der Waals surface area contributed by atoms with Crippen molar-refractivity contribution in [3.63, 3.8) is 0 Å². The highest BCUT2D eigenvalue weighted by Gasteiger charge is 2.08. The van der Waals surface area contributed by atoms with Crippen molar-refractivity contribution in [2.45, 2.75) is 19.3 Å². The highest BCUT2D eigenvalue weighted by atomic mass is 127. The highest BCUT2D eigenvalue weighted by molar-refractivity contribution is 14.0. The quantitative estimate of drug-likeness (QED) is 0.208. The van der Waals surface area contributed by atoms with E-state index in [0.717, 1.165) is 37.3 Å². The van der Waals surface area contributed by atoms with E-state index in [1.807, 2.05) is 24.3 Å². The molecule has 0 radical (unpaired) electrons. The topological polar surface area (TPSA) is 66.0 Å². The number of carbonyl (C=O) groups is 1. The van der Waals surface area contributed by atoms with E-state index in [4.69, 9.17) is 4.74 Å². The Morgan fingerprint density at radius 3 is 2.45 bits per heavy atom. The maximum absolute atomic E-state index is 12.9. The molecule has 170 valence electrons. The van der Waals surface area contributed by atoms with Crippen LogP contribution in [0.3, 0.4) is 0 Å². The molecule has 0 aromatic heterocycles. The monoisotopic (exact) mass is 542 g/mol. The van der Waals surface area contributed by atoms with Crippen LogP contribution in [0.4, 0.5) is 4.39 Å². The second kappa shape index (κ2) is 14.6. The SMILES string of the molecule is CN=C(NCCCCOc1ccc(F)cc1)NCCc1cccc(C(=O)N(C)C)c1.I. The predicted octanol–water partition coefficient (Wildman–Crippen LogP) is 3.71. The zero-order chi connectivity index (χ0) is 21.8. The van der Waals surface area contributed by atoms with Crippen LogP contribution in [0.15, 0.2) is 53.5 Å². The van der Waals surface area contributed by atoms with Gasteiger partial charge in [0, 0.05) is 39.8 Å². The van der Waals surface area contributed by atoms with Gasteiger partial charge in [-0.15, -0.1) is 24.0 Å². The molecule has 2 aromatic rings. The first-order chi connectivity index (χ1) is 14.5. The average Bonchev–Trinajstić information content (AvgIpc) is 2.75. The molecule has 1 amide bonds. The molecular weight excluding hydrogens is 510 g/mol. The lowest BCUT2D eigenvalue weighted by molar-refractivity contribution is 0.0827. The normalized spacial score (nSPS) is 10.8. The number of hydrogen-bond donors (Lipinski definition) is 2. The number of nitrogens with zero attached hydrogens (tertiary/aromatic N) is 2. The van der Waals surface area contributed by atoms with Crippen molar-refractivity contribution in [1.82, 2.24) is 15.5 Å². The van der Waals surface area contributed by atoms with E-state index in [-0.39, 0.29) is 35.7 Å². The largest absolute Gasteiger partial charge is 0.494 e. The second-order valence-electron chi connectivity index (χ2n) is 7.09. The summed E-state index contributed by atoms with van der Waals surface area (Å²) in [6, 6.07) is 13.7. The van der Waals surface area contributed by atoms with Crippen molar-refractivity contribution >= 4 is 35.8 Å². The molecule has 8 heteroatoms. The molecule has 0 aliphatic rings. The molecule has 0 heterocycles. The zero-order valence-corrected chi connectivity index (χ0v) is 20.7. The second-order valence-corrected chi connectivity index (χ2v) is 7.09. The molecule has 0 atom stereocenters. The first-order valence-corrected chi connectivity index (χ1v) is 10.1. The molecule has 0 bridgehead atoms. The van der Waals surface area contributed by atoms with Gasteiger partial charge in [-0.1, -0.05) is 12.1 Å². The van der Waals surface area contributed by atoms with Crippen molar-refractivity contribution in [2.75, 3.05) is 40.8 Å². The van der Waals surface area contributed by atoms with Crippen LogP contribution >= 0.6 is 24.0 Å². The van der Waals surface area contributed by atoms with Gasteiger partial charge in [0.15, 0.2) is 5.96 Å². The Hall–Kier alpha value is -2.36. The van der Waals surface area contributed by atoms with Crippen molar-refractivity contribution in [3.8, 4) is 5.75 Å². The van der Waals surface area contributed by atoms with Crippen LogP contribution in [-0.2, 0) is 6.42 Å². The number of hydrogen-bond acceptors (Lipinski definition) is 3. The van der Waals surface area contributed by atoms with Gasteiger partial charge in [-0.25, -0.2) is 4.39 Å². The van der Waals surface area contributed by atoms with Crippen molar-refractivity contribution in [3.05, 3.63) is 65.5 Å². The lowest BCUT2D eigenvalue weighted by atomic mass is 10.1. The fraction of sp³-hybridized carbons (Fsp3) is 0.391. The van der Waals surface area contributed by atoms with Crippen molar-refractivity contribution < 1.29 is 13.9 Å². The molecule has 31 heavy (non-hydrogen) atoms. The number of carbonyl (C=O) groups excluding carboxylic acids is 1. The standard InChI is InChI=1S/C23H31FN4O2.HI/c1-25-23(26-14-4-5-16-30-21-11-9-20(24)10-12-21)27-15-13-18-7-6-8-19(17-18)22(29)28(2)3;/h6-12,17H,4-5,13-16H2,1-3H3,(H2,25,26,27);1H. The molecule has 0 fully saturated rings. The van der Waals surface area contributed by atoms with E-state index in [1.54, 1.807) is 38.2 Å². The first kappa shape index (κ1) is 26.7. The van der Waals surface area contributed by atoms with E-state index < -0.39 is 0 Å². The van der Waals surface area contributed by atoms with Crippen LogP contribution < -0.4 is 15.4 Å².